The molecule has 48 valence electrons. The van der Waals surface area contributed by atoms with Gasteiger partial charge >= 0.3 is 5.97 Å². The zero-order valence-corrected chi connectivity index (χ0v) is 5.61. The quantitative estimate of drug-likeness (QED) is 0.670. The third-order valence-electron chi connectivity index (χ3n) is 0.651. The van der Waals surface area contributed by atoms with E-state index in [4.69, 9.17) is 16.7 Å². The monoisotopic (exact) mass is 164 g/mol. The molecule has 0 unspecified atom stereocenters. The molecule has 1 N–H and O–H groups in total. The van der Waals surface area contributed by atoms with Crippen LogP contribution in [0.1, 0.15) is 10.5 Å². The first kappa shape index (κ1) is 6.44. The van der Waals surface area contributed by atoms with E-state index in [1.807, 2.05) is 0 Å². The van der Waals surface area contributed by atoms with Crippen LogP contribution in [0, 0.1) is 0 Å². The fourth-order valence-electron chi connectivity index (χ4n) is 0.306. The Kier molecular flexibility index (Phi) is 1.63. The van der Waals surface area contributed by atoms with Crippen molar-refractivity contribution in [1.82, 2.24) is 9.59 Å². The average Bonchev–Trinajstić information content (AvgIpc) is 2.13. The van der Waals surface area contributed by atoms with Crippen LogP contribution in [-0.4, -0.2) is 20.7 Å². The van der Waals surface area contributed by atoms with Crippen LogP contribution < -0.4 is 0 Å². The van der Waals surface area contributed by atoms with E-state index in [1.54, 1.807) is 0 Å². The second kappa shape index (κ2) is 2.28. The van der Waals surface area contributed by atoms with Crippen molar-refractivity contribution in [2.24, 2.45) is 0 Å². The number of rotatable bonds is 1. The number of hydrogen-bond donors (Lipinski definition) is 1. The number of carbonyl (C=O) groups is 1. The minimum absolute atomic E-state index is 0.113. The van der Waals surface area contributed by atoms with Crippen molar-refractivity contribution in [1.29, 1.82) is 0 Å². The molecule has 0 amide bonds. The molecule has 1 aromatic rings. The van der Waals surface area contributed by atoms with Crippen LogP contribution in [0.2, 0.25) is 4.34 Å². The van der Waals surface area contributed by atoms with E-state index in [0.717, 1.165) is 11.5 Å². The summed E-state index contributed by atoms with van der Waals surface area (Å²) in [5.74, 6) is -1.14. The smallest absolute Gasteiger partial charge is 0.358 e. The third kappa shape index (κ3) is 1.17. The summed E-state index contributed by atoms with van der Waals surface area (Å²) < 4.78 is 3.44. The van der Waals surface area contributed by atoms with E-state index in [2.05, 4.69) is 9.59 Å². The molecule has 0 atom stereocenters. The van der Waals surface area contributed by atoms with E-state index < -0.39 is 5.97 Å². The van der Waals surface area contributed by atoms with Crippen molar-refractivity contribution in [2.75, 3.05) is 0 Å². The molecule has 0 aliphatic rings. The van der Waals surface area contributed by atoms with Gasteiger partial charge in [0.15, 0.2) is 0 Å². The Hall–Kier alpha value is -0.680. The molecule has 0 radical (unpaired) electrons. The number of nitrogens with zero attached hydrogens (tertiary/aromatic N) is 2. The fourth-order valence-corrected chi connectivity index (χ4v) is 0.926. The molecular formula is C3HClN2O2S. The second-order valence-corrected chi connectivity index (χ2v) is 2.56. The lowest BCUT2D eigenvalue weighted by atomic mass is 10.5. The SMILES string of the molecule is O=C(O)c1nnsc1Cl. The van der Waals surface area contributed by atoms with Gasteiger partial charge in [0.2, 0.25) is 5.69 Å². The van der Waals surface area contributed by atoms with Crippen LogP contribution in [0.4, 0.5) is 0 Å². The van der Waals surface area contributed by atoms with Gasteiger partial charge in [-0.2, -0.15) is 0 Å². The topological polar surface area (TPSA) is 63.1 Å². The van der Waals surface area contributed by atoms with Gasteiger partial charge < -0.3 is 5.11 Å². The molecule has 0 saturated carbocycles. The Morgan fingerprint density at radius 3 is 2.67 bits per heavy atom. The first-order valence-electron chi connectivity index (χ1n) is 1.93. The summed E-state index contributed by atoms with van der Waals surface area (Å²) >= 11 is 6.20. The van der Waals surface area contributed by atoms with Gasteiger partial charge in [-0.1, -0.05) is 16.1 Å². The van der Waals surface area contributed by atoms with Gasteiger partial charge in [-0.3, -0.25) is 0 Å². The maximum Gasteiger partial charge on any atom is 0.358 e. The Morgan fingerprint density at radius 1 is 1.78 bits per heavy atom. The van der Waals surface area contributed by atoms with Crippen molar-refractivity contribution in [3.8, 4) is 0 Å². The first-order chi connectivity index (χ1) is 4.22. The lowest BCUT2D eigenvalue weighted by Gasteiger charge is -1.80. The number of hydrogen-bond acceptors (Lipinski definition) is 4. The lowest BCUT2D eigenvalue weighted by molar-refractivity contribution is 0.0690. The third-order valence-corrected chi connectivity index (χ3v) is 1.55. The summed E-state index contributed by atoms with van der Waals surface area (Å²) in [4.78, 5) is 10.1. The Morgan fingerprint density at radius 2 is 2.44 bits per heavy atom. The molecule has 4 nitrogen and oxygen atoms in total. The highest BCUT2D eigenvalue weighted by atomic mass is 35.5. The molecule has 1 rings (SSSR count). The van der Waals surface area contributed by atoms with E-state index >= 15 is 0 Å². The van der Waals surface area contributed by atoms with Crippen LogP contribution >= 0.6 is 23.1 Å². The molecule has 0 aliphatic heterocycles. The van der Waals surface area contributed by atoms with Gasteiger partial charge in [0.1, 0.15) is 4.34 Å². The molecule has 1 heterocycles. The van der Waals surface area contributed by atoms with Crippen LogP contribution in [0.15, 0.2) is 0 Å². The second-order valence-electron chi connectivity index (χ2n) is 1.20. The van der Waals surface area contributed by atoms with Crippen LogP contribution in [-0.2, 0) is 0 Å². The number of aromatic nitrogens is 2. The zero-order valence-electron chi connectivity index (χ0n) is 4.04. The first-order valence-corrected chi connectivity index (χ1v) is 3.08. The van der Waals surface area contributed by atoms with Crippen molar-refractivity contribution >= 4 is 29.1 Å². The normalized spacial score (nSPS) is 9.44. The highest BCUT2D eigenvalue weighted by Crippen LogP contribution is 2.16. The minimum atomic E-state index is -1.14. The highest BCUT2D eigenvalue weighted by molar-refractivity contribution is 7.10. The summed E-state index contributed by atoms with van der Waals surface area (Å²) in [5, 5.41) is 11.5. The molecule has 0 fully saturated rings. The van der Waals surface area contributed by atoms with Crippen LogP contribution in [0.3, 0.4) is 0 Å². The molecule has 1 aromatic heterocycles. The van der Waals surface area contributed by atoms with Gasteiger partial charge in [0.25, 0.3) is 0 Å². The van der Waals surface area contributed by atoms with Gasteiger partial charge in [0, 0.05) is 11.5 Å². The van der Waals surface area contributed by atoms with Gasteiger partial charge in [-0.05, 0) is 0 Å². The molecule has 0 spiro atoms. The molecule has 6 heteroatoms. The summed E-state index contributed by atoms with van der Waals surface area (Å²) in [7, 11) is 0. The number of aromatic carboxylic acids is 1. The highest BCUT2D eigenvalue weighted by Gasteiger charge is 2.11. The predicted molar refractivity (Wildman–Crippen MR) is 31.9 cm³/mol. The number of halogens is 1. The molecule has 9 heavy (non-hydrogen) atoms. The maximum atomic E-state index is 10.1. The maximum absolute atomic E-state index is 10.1. The van der Waals surface area contributed by atoms with E-state index in [9.17, 15) is 4.79 Å². The minimum Gasteiger partial charge on any atom is -0.476 e. The van der Waals surface area contributed by atoms with E-state index in [-0.39, 0.29) is 10.0 Å². The Balaban J connectivity index is 3.08. The van der Waals surface area contributed by atoms with Crippen molar-refractivity contribution in [3.63, 3.8) is 0 Å². The number of carboxylic acids is 1. The van der Waals surface area contributed by atoms with E-state index in [0.29, 0.717) is 0 Å². The summed E-state index contributed by atoms with van der Waals surface area (Å²) in [6, 6.07) is 0. The van der Waals surface area contributed by atoms with Gasteiger partial charge in [-0.25, -0.2) is 4.79 Å². The zero-order chi connectivity index (χ0) is 6.85. The Labute approximate surface area is 59.2 Å². The van der Waals surface area contributed by atoms with Crippen molar-refractivity contribution < 1.29 is 9.90 Å². The molecule has 0 bridgehead atoms. The molecule has 0 aliphatic carbocycles. The van der Waals surface area contributed by atoms with E-state index in [1.165, 1.54) is 0 Å². The number of carboxylic acid groups (broad SMARTS) is 1. The summed E-state index contributed by atoms with van der Waals surface area (Å²) in [5.41, 5.74) is -0.179. The summed E-state index contributed by atoms with van der Waals surface area (Å²) in [6.07, 6.45) is 0. The van der Waals surface area contributed by atoms with Crippen molar-refractivity contribution in [2.45, 2.75) is 0 Å². The Bertz CT molecular complexity index is 235. The summed E-state index contributed by atoms with van der Waals surface area (Å²) in [6.45, 7) is 0. The standard InChI is InChI=1S/C3HClN2O2S/c4-2-1(3(7)8)5-6-9-2/h(H,7,8). The van der Waals surface area contributed by atoms with Crippen molar-refractivity contribution in [3.05, 3.63) is 10.0 Å². The molecule has 0 saturated heterocycles. The van der Waals surface area contributed by atoms with Gasteiger partial charge in [0.05, 0.1) is 0 Å². The molecule has 0 aromatic carbocycles. The van der Waals surface area contributed by atoms with Gasteiger partial charge in [-0.15, -0.1) is 5.10 Å². The largest absolute Gasteiger partial charge is 0.476 e. The van der Waals surface area contributed by atoms with Crippen LogP contribution in [0.5, 0.6) is 0 Å². The van der Waals surface area contributed by atoms with Crippen LogP contribution in [0.25, 0.3) is 0 Å². The fraction of sp³-hybridized carbons (Fsp3) is 0. The lowest BCUT2D eigenvalue weighted by Crippen LogP contribution is -1.96. The molecular weight excluding hydrogens is 164 g/mol. The average molecular weight is 165 g/mol. The predicted octanol–water partition coefficient (Wildman–Crippen LogP) is 0.890.